The Hall–Kier alpha value is -3.50. The molecule has 1 aliphatic heterocycles. The van der Waals surface area contributed by atoms with Gasteiger partial charge in [-0.2, -0.15) is 9.40 Å². The summed E-state index contributed by atoms with van der Waals surface area (Å²) >= 11 is 0. The SMILES string of the molecule is Cc1cc(C)n(-c2ccc(C(=O)Nc3cccc(S(=O)(=O)N4CCNC(=O)C4)c3)cc2)n1. The van der Waals surface area contributed by atoms with Gasteiger partial charge in [-0.15, -0.1) is 0 Å². The number of carbonyl (C=O) groups excluding carboxylic acids is 2. The third kappa shape index (κ3) is 4.41. The molecule has 1 aliphatic rings. The molecule has 32 heavy (non-hydrogen) atoms. The van der Waals surface area contributed by atoms with Gasteiger partial charge < -0.3 is 10.6 Å². The first-order valence-corrected chi connectivity index (χ1v) is 11.5. The standard InChI is InChI=1S/C22H23N5O4S/c1-15-12-16(2)27(25-15)19-8-6-17(7-9-19)22(29)24-18-4-3-5-20(13-18)32(30,31)26-11-10-23-21(28)14-26/h3-9,12-13H,10-11,14H2,1-2H3,(H,23,28)(H,24,29). The number of hydrogen-bond donors (Lipinski definition) is 2. The summed E-state index contributed by atoms with van der Waals surface area (Å²) in [5, 5.41) is 9.76. The van der Waals surface area contributed by atoms with E-state index >= 15 is 0 Å². The minimum Gasteiger partial charge on any atom is -0.354 e. The van der Waals surface area contributed by atoms with Crippen LogP contribution in [0.4, 0.5) is 5.69 Å². The molecule has 1 aromatic heterocycles. The molecule has 2 amide bonds. The molecule has 3 aromatic rings. The predicted molar refractivity (Wildman–Crippen MR) is 119 cm³/mol. The van der Waals surface area contributed by atoms with Gasteiger partial charge in [-0.25, -0.2) is 13.1 Å². The van der Waals surface area contributed by atoms with Crippen molar-refractivity contribution in [2.75, 3.05) is 25.0 Å². The van der Waals surface area contributed by atoms with E-state index in [0.29, 0.717) is 11.3 Å². The molecule has 0 aliphatic carbocycles. The molecule has 2 aromatic carbocycles. The molecule has 0 bridgehead atoms. The molecule has 0 atom stereocenters. The zero-order valence-corrected chi connectivity index (χ0v) is 18.5. The lowest BCUT2D eigenvalue weighted by Gasteiger charge is -2.26. The van der Waals surface area contributed by atoms with Crippen LogP contribution >= 0.6 is 0 Å². The fraction of sp³-hybridized carbons (Fsp3) is 0.227. The first-order chi connectivity index (χ1) is 15.2. The van der Waals surface area contributed by atoms with Gasteiger partial charge in [0.1, 0.15) is 0 Å². The number of aryl methyl sites for hydroxylation is 2. The van der Waals surface area contributed by atoms with Crippen molar-refractivity contribution in [3.8, 4) is 5.69 Å². The van der Waals surface area contributed by atoms with E-state index in [0.717, 1.165) is 21.4 Å². The van der Waals surface area contributed by atoms with Crippen molar-refractivity contribution >= 4 is 27.5 Å². The van der Waals surface area contributed by atoms with E-state index in [1.807, 2.05) is 19.9 Å². The van der Waals surface area contributed by atoms with Crippen molar-refractivity contribution in [1.29, 1.82) is 0 Å². The summed E-state index contributed by atoms with van der Waals surface area (Å²) in [6.45, 7) is 4.12. The van der Waals surface area contributed by atoms with Gasteiger partial charge in [0.25, 0.3) is 5.91 Å². The fourth-order valence-electron chi connectivity index (χ4n) is 3.55. The third-order valence-corrected chi connectivity index (χ3v) is 6.96. The normalized spacial score (nSPS) is 14.8. The summed E-state index contributed by atoms with van der Waals surface area (Å²) in [4.78, 5) is 24.3. The summed E-state index contributed by atoms with van der Waals surface area (Å²) in [5.41, 5.74) is 3.51. The Balaban J connectivity index is 1.50. The van der Waals surface area contributed by atoms with Gasteiger partial charge in [0.05, 0.1) is 22.8 Å². The Bertz CT molecular complexity index is 1280. The number of carbonyl (C=O) groups is 2. The number of sulfonamides is 1. The number of nitrogens with zero attached hydrogens (tertiary/aromatic N) is 3. The lowest BCUT2D eigenvalue weighted by atomic mass is 10.2. The van der Waals surface area contributed by atoms with Gasteiger partial charge in [-0.05, 0) is 62.4 Å². The lowest BCUT2D eigenvalue weighted by Crippen LogP contribution is -2.49. The molecule has 4 rings (SSSR count). The highest BCUT2D eigenvalue weighted by atomic mass is 32.2. The average molecular weight is 454 g/mol. The molecule has 0 unspecified atom stereocenters. The predicted octanol–water partition coefficient (Wildman–Crippen LogP) is 1.86. The maximum absolute atomic E-state index is 12.9. The Morgan fingerprint density at radius 3 is 2.50 bits per heavy atom. The van der Waals surface area contributed by atoms with Crippen molar-refractivity contribution < 1.29 is 18.0 Å². The summed E-state index contributed by atoms with van der Waals surface area (Å²) in [6.07, 6.45) is 0. The number of benzene rings is 2. The smallest absolute Gasteiger partial charge is 0.255 e. The zero-order valence-electron chi connectivity index (χ0n) is 17.7. The van der Waals surface area contributed by atoms with Crippen LogP contribution in [0.3, 0.4) is 0 Å². The number of rotatable bonds is 5. The van der Waals surface area contributed by atoms with Crippen LogP contribution < -0.4 is 10.6 Å². The van der Waals surface area contributed by atoms with E-state index in [1.165, 1.54) is 12.1 Å². The van der Waals surface area contributed by atoms with Crippen molar-refractivity contribution in [2.24, 2.45) is 0 Å². The summed E-state index contributed by atoms with van der Waals surface area (Å²) < 4.78 is 28.7. The van der Waals surface area contributed by atoms with E-state index < -0.39 is 10.0 Å². The van der Waals surface area contributed by atoms with Crippen LogP contribution in [-0.4, -0.2) is 54.0 Å². The van der Waals surface area contributed by atoms with Crippen LogP contribution in [0.1, 0.15) is 21.7 Å². The molecular weight excluding hydrogens is 430 g/mol. The minimum atomic E-state index is -3.84. The topological polar surface area (TPSA) is 113 Å². The van der Waals surface area contributed by atoms with Gasteiger partial charge in [-0.1, -0.05) is 6.07 Å². The van der Waals surface area contributed by atoms with Gasteiger partial charge in [-0.3, -0.25) is 9.59 Å². The quantitative estimate of drug-likeness (QED) is 0.612. The Morgan fingerprint density at radius 1 is 1.09 bits per heavy atom. The molecule has 1 saturated heterocycles. The maximum atomic E-state index is 12.9. The van der Waals surface area contributed by atoms with Gasteiger partial charge in [0.15, 0.2) is 0 Å². The van der Waals surface area contributed by atoms with Crippen LogP contribution in [0, 0.1) is 13.8 Å². The highest BCUT2D eigenvalue weighted by molar-refractivity contribution is 7.89. The molecular formula is C22H23N5O4S. The minimum absolute atomic E-state index is 0.0184. The van der Waals surface area contributed by atoms with E-state index in [-0.39, 0.29) is 36.3 Å². The number of anilines is 1. The first-order valence-electron chi connectivity index (χ1n) is 10.1. The van der Waals surface area contributed by atoms with Crippen LogP contribution in [-0.2, 0) is 14.8 Å². The van der Waals surface area contributed by atoms with Crippen LogP contribution in [0.5, 0.6) is 0 Å². The summed E-state index contributed by atoms with van der Waals surface area (Å²) in [6, 6.07) is 15.0. The summed E-state index contributed by atoms with van der Waals surface area (Å²) in [7, 11) is -3.84. The lowest BCUT2D eigenvalue weighted by molar-refractivity contribution is -0.122. The van der Waals surface area contributed by atoms with Crippen molar-refractivity contribution in [3.63, 3.8) is 0 Å². The number of piperazine rings is 1. The van der Waals surface area contributed by atoms with Crippen LogP contribution in [0.25, 0.3) is 5.69 Å². The maximum Gasteiger partial charge on any atom is 0.255 e. The molecule has 10 heteroatoms. The van der Waals surface area contributed by atoms with Gasteiger partial charge in [0.2, 0.25) is 15.9 Å². The molecule has 0 saturated carbocycles. The van der Waals surface area contributed by atoms with Gasteiger partial charge >= 0.3 is 0 Å². The molecule has 2 heterocycles. The first kappa shape index (κ1) is 21.7. The highest BCUT2D eigenvalue weighted by Gasteiger charge is 2.29. The number of hydrogen-bond acceptors (Lipinski definition) is 5. The van der Waals surface area contributed by atoms with E-state index in [2.05, 4.69) is 15.7 Å². The second-order valence-electron chi connectivity index (χ2n) is 7.56. The monoisotopic (exact) mass is 453 g/mol. The molecule has 0 spiro atoms. The van der Waals surface area contributed by atoms with E-state index in [1.54, 1.807) is 41.1 Å². The molecule has 2 N–H and O–H groups in total. The van der Waals surface area contributed by atoms with Crippen molar-refractivity contribution in [1.82, 2.24) is 19.4 Å². The number of aromatic nitrogens is 2. The Labute approximate surface area is 186 Å². The molecule has 166 valence electrons. The fourth-order valence-corrected chi connectivity index (χ4v) is 4.99. The Morgan fingerprint density at radius 2 is 1.84 bits per heavy atom. The average Bonchev–Trinajstić information content (AvgIpc) is 3.12. The molecule has 9 nitrogen and oxygen atoms in total. The second-order valence-corrected chi connectivity index (χ2v) is 9.49. The summed E-state index contributed by atoms with van der Waals surface area (Å²) in [5.74, 6) is -0.704. The molecule has 1 fully saturated rings. The van der Waals surface area contributed by atoms with E-state index in [4.69, 9.17) is 0 Å². The number of nitrogens with one attached hydrogen (secondary N) is 2. The van der Waals surface area contributed by atoms with E-state index in [9.17, 15) is 18.0 Å². The number of amides is 2. The van der Waals surface area contributed by atoms with Crippen LogP contribution in [0.15, 0.2) is 59.5 Å². The van der Waals surface area contributed by atoms with Crippen molar-refractivity contribution in [3.05, 3.63) is 71.5 Å². The second kappa shape index (κ2) is 8.56. The van der Waals surface area contributed by atoms with Crippen molar-refractivity contribution in [2.45, 2.75) is 18.7 Å². The Kier molecular flexibility index (Phi) is 5.81. The van der Waals surface area contributed by atoms with Crippen LogP contribution in [0.2, 0.25) is 0 Å². The third-order valence-electron chi connectivity index (χ3n) is 5.12. The molecule has 0 radical (unpaired) electrons. The highest BCUT2D eigenvalue weighted by Crippen LogP contribution is 2.21. The largest absolute Gasteiger partial charge is 0.354 e. The zero-order chi connectivity index (χ0) is 22.9. The van der Waals surface area contributed by atoms with Gasteiger partial charge in [0, 0.05) is 30.0 Å².